The molecule has 0 spiro atoms. The van der Waals surface area contributed by atoms with Gasteiger partial charge >= 0.3 is 0 Å². The average molecular weight is 164 g/mol. The smallest absolute Gasteiger partial charge is 0.123 e. The lowest BCUT2D eigenvalue weighted by atomic mass is 10.1. The fraction of sp³-hybridized carbons (Fsp3) is 1.00. The Kier molecular flexibility index (Phi) is 2.35. The summed E-state index contributed by atoms with van der Waals surface area (Å²) >= 11 is 0. The van der Waals surface area contributed by atoms with Crippen LogP contribution in [0.5, 0.6) is 0 Å². The maximum Gasteiger partial charge on any atom is 0.123 e. The minimum absolute atomic E-state index is 0.405. The summed E-state index contributed by atoms with van der Waals surface area (Å²) in [5, 5.41) is 36.8. The van der Waals surface area contributed by atoms with Gasteiger partial charge in [-0.25, -0.2) is 0 Å². The molecule has 5 heteroatoms. The zero-order valence-electron chi connectivity index (χ0n) is 6.96. The number of nitrogens with one attached hydrogen (secondary N) is 1. The van der Waals surface area contributed by atoms with Gasteiger partial charge in [0.1, 0.15) is 1.41 Å². The van der Waals surface area contributed by atoms with Gasteiger partial charge in [-0.1, -0.05) is 0 Å². The molecule has 1 saturated heterocycles. The van der Waals surface area contributed by atoms with Crippen molar-refractivity contribution in [1.29, 1.82) is 0 Å². The van der Waals surface area contributed by atoms with Crippen LogP contribution in [0.2, 0.25) is 1.41 Å². The van der Waals surface area contributed by atoms with Crippen LogP contribution in [0, 0.1) is 0 Å². The number of aliphatic hydroxyl groups excluding tert-OH is 4. The molecule has 0 amide bonds. The van der Waals surface area contributed by atoms with Crippen LogP contribution in [0.25, 0.3) is 0 Å². The number of aliphatic hydroxyl groups is 4. The van der Waals surface area contributed by atoms with Crippen molar-refractivity contribution in [2.75, 3.05) is 13.2 Å². The van der Waals surface area contributed by atoms with Crippen LogP contribution in [0.1, 0.15) is 0 Å². The van der Waals surface area contributed by atoms with Gasteiger partial charge in [0, 0.05) is 0 Å². The van der Waals surface area contributed by atoms with Crippen LogP contribution in [-0.4, -0.2) is 57.9 Å². The lowest BCUT2D eigenvalue weighted by Gasteiger charge is -2.12. The Balaban J connectivity index is 2.71. The Bertz CT molecular complexity index is 142. The molecule has 0 aromatic carbocycles. The average Bonchev–Trinajstić information content (AvgIpc) is 2.25. The third-order valence-electron chi connectivity index (χ3n) is 1.90. The topological polar surface area (TPSA) is 93.0 Å². The van der Waals surface area contributed by atoms with Crippen molar-refractivity contribution in [1.82, 2.24) is 5.31 Å². The predicted octanol–water partition coefficient (Wildman–Crippen LogP) is -2.97. The molecule has 1 fully saturated rings. The molecule has 1 aliphatic heterocycles. The Morgan fingerprint density at radius 1 is 1.09 bits per heavy atom. The van der Waals surface area contributed by atoms with Gasteiger partial charge in [0.15, 0.2) is 0 Å². The van der Waals surface area contributed by atoms with Gasteiger partial charge in [0.05, 0.1) is 37.5 Å². The lowest BCUT2D eigenvalue weighted by Crippen LogP contribution is -2.37. The SMILES string of the molecule is [2H]N1[C@H](CO)[C@@H](O)[C@H](O)[C@H]1CO. The van der Waals surface area contributed by atoms with Gasteiger partial charge < -0.3 is 25.7 Å². The zero-order chi connectivity index (χ0) is 9.30. The standard InChI is InChI=1S/C6H13NO4/c8-1-3-5(10)6(11)4(2-9)7-3/h3-11H,1-2H2/t3-,4-,5-,6-/m1/s1/i/hD. The molecule has 1 aliphatic rings. The molecule has 5 nitrogen and oxygen atoms in total. The van der Waals surface area contributed by atoms with E-state index >= 15 is 0 Å². The first-order valence-electron chi connectivity index (χ1n) is 3.93. The first-order valence-corrected chi connectivity index (χ1v) is 3.48. The molecule has 0 saturated carbocycles. The van der Waals surface area contributed by atoms with Crippen molar-refractivity contribution in [2.45, 2.75) is 24.3 Å². The highest BCUT2D eigenvalue weighted by Gasteiger charge is 2.39. The van der Waals surface area contributed by atoms with E-state index in [1.165, 1.54) is 0 Å². The highest BCUT2D eigenvalue weighted by molar-refractivity contribution is 4.97. The highest BCUT2D eigenvalue weighted by atomic mass is 16.3. The maximum absolute atomic E-state index is 9.25. The highest BCUT2D eigenvalue weighted by Crippen LogP contribution is 2.13. The summed E-state index contributed by atoms with van der Waals surface area (Å²) in [6.07, 6.45) is -2.32. The van der Waals surface area contributed by atoms with Crippen molar-refractivity contribution in [3.05, 3.63) is 0 Å². The van der Waals surface area contributed by atoms with E-state index in [4.69, 9.17) is 11.6 Å². The van der Waals surface area contributed by atoms with Crippen molar-refractivity contribution in [3.63, 3.8) is 0 Å². The molecule has 66 valence electrons. The molecular weight excluding hydrogens is 150 g/mol. The largest absolute Gasteiger partial charge is 0.395 e. The second-order valence-electron chi connectivity index (χ2n) is 2.63. The molecule has 11 heavy (non-hydrogen) atoms. The van der Waals surface area contributed by atoms with Crippen LogP contribution >= 0.6 is 0 Å². The summed E-state index contributed by atoms with van der Waals surface area (Å²) in [4.78, 5) is 0. The number of rotatable bonds is 2. The van der Waals surface area contributed by atoms with E-state index in [9.17, 15) is 10.2 Å². The Morgan fingerprint density at radius 2 is 1.45 bits per heavy atom. The van der Waals surface area contributed by atoms with E-state index in [0.717, 1.165) is 5.31 Å². The monoisotopic (exact) mass is 164 g/mol. The summed E-state index contributed by atoms with van der Waals surface area (Å²) in [7, 11) is 0. The molecule has 0 bridgehead atoms. The Hall–Kier alpha value is -0.200. The van der Waals surface area contributed by atoms with Crippen molar-refractivity contribution in [2.24, 2.45) is 0 Å². The van der Waals surface area contributed by atoms with Crippen LogP contribution in [0.15, 0.2) is 0 Å². The van der Waals surface area contributed by atoms with Crippen LogP contribution in [0.3, 0.4) is 0 Å². The summed E-state index contributed by atoms with van der Waals surface area (Å²) in [6.45, 7) is -0.809. The van der Waals surface area contributed by atoms with Gasteiger partial charge in [-0.15, -0.1) is 0 Å². The van der Waals surface area contributed by atoms with E-state index in [2.05, 4.69) is 0 Å². The quantitative estimate of drug-likeness (QED) is 0.300. The first kappa shape index (κ1) is 7.45. The third kappa shape index (κ3) is 1.52. The van der Waals surface area contributed by atoms with Gasteiger partial charge in [0.25, 0.3) is 0 Å². The number of hydrogen-bond acceptors (Lipinski definition) is 5. The second-order valence-corrected chi connectivity index (χ2v) is 2.63. The van der Waals surface area contributed by atoms with Crippen LogP contribution in [-0.2, 0) is 0 Å². The van der Waals surface area contributed by atoms with Crippen LogP contribution in [0.4, 0.5) is 0 Å². The molecule has 1 heterocycles. The summed E-state index contributed by atoms with van der Waals surface area (Å²) in [5.74, 6) is 0. The van der Waals surface area contributed by atoms with Gasteiger partial charge in [-0.2, -0.15) is 0 Å². The first-order chi connectivity index (χ1) is 5.63. The summed E-state index contributed by atoms with van der Waals surface area (Å²) in [6, 6.07) is -1.62. The van der Waals surface area contributed by atoms with Gasteiger partial charge in [-0.3, -0.25) is 0 Å². The van der Waals surface area contributed by atoms with Crippen LogP contribution < -0.4 is 5.31 Å². The summed E-state index contributed by atoms with van der Waals surface area (Å²) in [5.41, 5.74) is 0. The van der Waals surface area contributed by atoms with E-state index in [-0.39, 0.29) is 0 Å². The minimum Gasteiger partial charge on any atom is -0.395 e. The molecule has 4 atom stereocenters. The molecule has 5 N–H and O–H groups in total. The predicted molar refractivity (Wildman–Crippen MR) is 36.9 cm³/mol. The maximum atomic E-state index is 9.25. The van der Waals surface area contributed by atoms with E-state index in [0.29, 0.717) is 0 Å². The fourth-order valence-electron chi connectivity index (χ4n) is 1.19. The minimum atomic E-state index is -1.16. The van der Waals surface area contributed by atoms with E-state index < -0.39 is 37.5 Å². The second kappa shape index (κ2) is 3.46. The molecule has 0 aromatic rings. The molecule has 0 aromatic heterocycles. The molecule has 1 rings (SSSR count). The molecule has 0 radical (unpaired) electrons. The molecule has 0 unspecified atom stereocenters. The van der Waals surface area contributed by atoms with Crippen molar-refractivity contribution >= 4 is 0 Å². The van der Waals surface area contributed by atoms with E-state index in [1.807, 2.05) is 0 Å². The molecule has 0 aliphatic carbocycles. The van der Waals surface area contributed by atoms with E-state index in [1.54, 1.807) is 0 Å². The molecular formula is C6H13NO4. The number of hydrogen-bond donors (Lipinski definition) is 5. The Labute approximate surface area is 65.7 Å². The zero-order valence-corrected chi connectivity index (χ0v) is 5.96. The van der Waals surface area contributed by atoms with Gasteiger partial charge in [0.2, 0.25) is 0 Å². The lowest BCUT2D eigenvalue weighted by molar-refractivity contribution is 0.0130. The normalized spacial score (nSPS) is 47.8. The van der Waals surface area contributed by atoms with Crippen molar-refractivity contribution < 1.29 is 21.8 Å². The Morgan fingerprint density at radius 3 is 1.64 bits per heavy atom. The third-order valence-corrected chi connectivity index (χ3v) is 1.90. The fourth-order valence-corrected chi connectivity index (χ4v) is 1.19. The van der Waals surface area contributed by atoms with Crippen molar-refractivity contribution in [3.8, 4) is 0 Å². The van der Waals surface area contributed by atoms with Gasteiger partial charge in [-0.05, 0) is 0 Å². The summed E-state index contributed by atoms with van der Waals surface area (Å²) < 4.78 is 7.30.